The van der Waals surface area contributed by atoms with Gasteiger partial charge in [-0.25, -0.2) is 4.98 Å². The van der Waals surface area contributed by atoms with E-state index >= 15 is 0 Å². The van der Waals surface area contributed by atoms with Crippen LogP contribution < -0.4 is 11.1 Å². The first kappa shape index (κ1) is 12.4. The normalized spacial score (nSPS) is 10.3. The first-order valence-electron chi connectivity index (χ1n) is 5.37. The van der Waals surface area contributed by atoms with E-state index in [2.05, 4.69) is 10.3 Å². The molecule has 0 aliphatic carbocycles. The molecule has 18 heavy (non-hydrogen) atoms. The van der Waals surface area contributed by atoms with Gasteiger partial charge in [-0.1, -0.05) is 11.6 Å². The quantitative estimate of drug-likeness (QED) is 0.827. The highest BCUT2D eigenvalue weighted by atomic mass is 35.5. The van der Waals surface area contributed by atoms with E-state index < -0.39 is 5.91 Å². The number of pyridine rings is 1. The Morgan fingerprint density at radius 2 is 2.39 bits per heavy atom. The van der Waals surface area contributed by atoms with Crippen LogP contribution in [0.5, 0.6) is 0 Å². The molecule has 0 fully saturated rings. The van der Waals surface area contributed by atoms with E-state index in [1.807, 2.05) is 29.9 Å². The monoisotopic (exact) mass is 264 g/mol. The maximum Gasteiger partial charge on any atom is 0.252 e. The van der Waals surface area contributed by atoms with Crippen molar-refractivity contribution in [1.29, 1.82) is 0 Å². The maximum absolute atomic E-state index is 11.3. The summed E-state index contributed by atoms with van der Waals surface area (Å²) in [7, 11) is 1.95. The predicted molar refractivity (Wildman–Crippen MR) is 70.5 cm³/mol. The van der Waals surface area contributed by atoms with Gasteiger partial charge in [-0.15, -0.1) is 0 Å². The molecular formula is C12H13ClN4O. The fourth-order valence-electron chi connectivity index (χ4n) is 1.64. The van der Waals surface area contributed by atoms with E-state index in [-0.39, 0.29) is 0 Å². The minimum atomic E-state index is -0.534. The molecule has 0 aliphatic heterocycles. The smallest absolute Gasteiger partial charge is 0.252 e. The number of rotatable bonds is 4. The molecule has 0 aromatic carbocycles. The molecule has 2 heterocycles. The van der Waals surface area contributed by atoms with Crippen LogP contribution in [0, 0.1) is 0 Å². The highest BCUT2D eigenvalue weighted by Crippen LogP contribution is 2.19. The Morgan fingerprint density at radius 3 is 3.00 bits per heavy atom. The van der Waals surface area contributed by atoms with Gasteiger partial charge in [0.2, 0.25) is 0 Å². The summed E-state index contributed by atoms with van der Waals surface area (Å²) in [6.07, 6.45) is 3.32. The Kier molecular flexibility index (Phi) is 3.53. The lowest BCUT2D eigenvalue weighted by molar-refractivity contribution is 0.100. The van der Waals surface area contributed by atoms with Crippen molar-refractivity contribution in [3.05, 3.63) is 47.0 Å². The van der Waals surface area contributed by atoms with Crippen molar-refractivity contribution in [3.8, 4) is 0 Å². The summed E-state index contributed by atoms with van der Waals surface area (Å²) in [5.41, 5.74) is 7.27. The molecule has 0 radical (unpaired) electrons. The molecule has 2 aromatic heterocycles. The number of anilines is 1. The first-order valence-corrected chi connectivity index (χ1v) is 5.75. The Bertz CT molecular complexity index is 579. The molecule has 3 N–H and O–H groups in total. The van der Waals surface area contributed by atoms with E-state index in [4.69, 9.17) is 17.3 Å². The molecular weight excluding hydrogens is 252 g/mol. The summed E-state index contributed by atoms with van der Waals surface area (Å²) in [6, 6.07) is 5.52. The number of aromatic nitrogens is 2. The second-order valence-corrected chi connectivity index (χ2v) is 4.27. The van der Waals surface area contributed by atoms with E-state index in [0.717, 1.165) is 5.69 Å². The fourth-order valence-corrected chi connectivity index (χ4v) is 1.80. The Balaban J connectivity index is 2.20. The number of carbonyl (C=O) groups is 1. The molecule has 2 rings (SSSR count). The van der Waals surface area contributed by atoms with Gasteiger partial charge in [0.15, 0.2) is 0 Å². The molecule has 1 amide bonds. The molecule has 0 saturated carbocycles. The molecule has 0 bridgehead atoms. The Labute approximate surface area is 110 Å². The molecule has 94 valence electrons. The minimum Gasteiger partial charge on any atom is -0.379 e. The van der Waals surface area contributed by atoms with Crippen LogP contribution in [0.3, 0.4) is 0 Å². The van der Waals surface area contributed by atoms with Crippen LogP contribution in [0.15, 0.2) is 30.6 Å². The largest absolute Gasteiger partial charge is 0.379 e. The van der Waals surface area contributed by atoms with Gasteiger partial charge < -0.3 is 15.6 Å². The molecule has 0 spiro atoms. The number of hydrogen-bond acceptors (Lipinski definition) is 3. The molecule has 5 nitrogen and oxygen atoms in total. The summed E-state index contributed by atoms with van der Waals surface area (Å²) in [5.74, 6) is -0.534. The lowest BCUT2D eigenvalue weighted by Gasteiger charge is -2.10. The van der Waals surface area contributed by atoms with Crippen molar-refractivity contribution >= 4 is 23.2 Å². The van der Waals surface area contributed by atoms with E-state index in [9.17, 15) is 4.79 Å². The lowest BCUT2D eigenvalue weighted by atomic mass is 10.2. The lowest BCUT2D eigenvalue weighted by Crippen LogP contribution is -2.15. The van der Waals surface area contributed by atoms with Gasteiger partial charge in [0.05, 0.1) is 17.8 Å². The number of halogens is 1. The number of hydrogen-bond donors (Lipinski definition) is 2. The number of nitrogens with zero attached hydrogens (tertiary/aromatic N) is 2. The summed E-state index contributed by atoms with van der Waals surface area (Å²) < 4.78 is 1.99. The zero-order valence-corrected chi connectivity index (χ0v) is 10.6. The fraction of sp³-hybridized carbons (Fsp3) is 0.167. The number of primary amides is 1. The van der Waals surface area contributed by atoms with E-state index in [1.54, 1.807) is 6.07 Å². The van der Waals surface area contributed by atoms with Crippen LogP contribution in [-0.4, -0.2) is 15.5 Å². The van der Waals surface area contributed by atoms with Crippen LogP contribution in [0.4, 0.5) is 5.69 Å². The first-order chi connectivity index (χ1) is 8.58. The van der Waals surface area contributed by atoms with Crippen molar-refractivity contribution in [2.45, 2.75) is 6.54 Å². The third-order valence-corrected chi connectivity index (χ3v) is 2.85. The topological polar surface area (TPSA) is 72.9 Å². The van der Waals surface area contributed by atoms with Gasteiger partial charge >= 0.3 is 0 Å². The predicted octanol–water partition coefficient (Wildman–Crippen LogP) is 1.78. The van der Waals surface area contributed by atoms with Crippen molar-refractivity contribution in [3.63, 3.8) is 0 Å². The summed E-state index contributed by atoms with van der Waals surface area (Å²) >= 11 is 5.80. The average molecular weight is 265 g/mol. The molecule has 6 heteroatoms. The molecule has 2 aromatic rings. The molecule has 0 atom stereocenters. The van der Waals surface area contributed by atoms with E-state index in [0.29, 0.717) is 22.9 Å². The van der Waals surface area contributed by atoms with Crippen molar-refractivity contribution < 1.29 is 4.79 Å². The standard InChI is InChI=1S/C12H13ClN4O/c1-17-4-2-3-8(17)6-15-10-5-11(13)16-7-9(10)12(14)18/h2-5,7H,6H2,1H3,(H2,14,18)(H,15,16). The van der Waals surface area contributed by atoms with Gasteiger partial charge in [0.25, 0.3) is 5.91 Å². The zero-order valence-electron chi connectivity index (χ0n) is 9.85. The van der Waals surface area contributed by atoms with Crippen LogP contribution in [0.2, 0.25) is 5.15 Å². The summed E-state index contributed by atoms with van der Waals surface area (Å²) in [4.78, 5) is 15.1. The highest BCUT2D eigenvalue weighted by molar-refractivity contribution is 6.29. The van der Waals surface area contributed by atoms with Crippen molar-refractivity contribution in [2.24, 2.45) is 12.8 Å². The second kappa shape index (κ2) is 5.10. The molecule has 0 saturated heterocycles. The number of carbonyl (C=O) groups excluding carboxylic acids is 1. The zero-order chi connectivity index (χ0) is 13.1. The van der Waals surface area contributed by atoms with Crippen molar-refractivity contribution in [1.82, 2.24) is 9.55 Å². The van der Waals surface area contributed by atoms with Gasteiger partial charge in [-0.2, -0.15) is 0 Å². The third-order valence-electron chi connectivity index (χ3n) is 2.65. The van der Waals surface area contributed by atoms with Gasteiger partial charge in [-0.3, -0.25) is 4.79 Å². The number of nitrogens with two attached hydrogens (primary N) is 1. The van der Waals surface area contributed by atoms with Crippen molar-refractivity contribution in [2.75, 3.05) is 5.32 Å². The van der Waals surface area contributed by atoms with Crippen LogP contribution in [0.1, 0.15) is 16.1 Å². The van der Waals surface area contributed by atoms with Crippen LogP contribution in [-0.2, 0) is 13.6 Å². The number of amides is 1. The number of nitrogens with one attached hydrogen (secondary N) is 1. The molecule has 0 aliphatic rings. The summed E-state index contributed by atoms with van der Waals surface area (Å²) in [5, 5.41) is 3.45. The second-order valence-electron chi connectivity index (χ2n) is 3.88. The van der Waals surface area contributed by atoms with Crippen LogP contribution in [0.25, 0.3) is 0 Å². The van der Waals surface area contributed by atoms with Crippen LogP contribution >= 0.6 is 11.6 Å². The maximum atomic E-state index is 11.3. The van der Waals surface area contributed by atoms with Gasteiger partial charge in [0.1, 0.15) is 5.15 Å². The SMILES string of the molecule is Cn1cccc1CNc1cc(Cl)ncc1C(N)=O. The Morgan fingerprint density at radius 1 is 1.61 bits per heavy atom. The Hall–Kier alpha value is -2.01. The molecule has 0 unspecified atom stereocenters. The highest BCUT2D eigenvalue weighted by Gasteiger charge is 2.09. The van der Waals surface area contributed by atoms with E-state index in [1.165, 1.54) is 6.20 Å². The average Bonchev–Trinajstić information content (AvgIpc) is 2.72. The van der Waals surface area contributed by atoms with Gasteiger partial charge in [0, 0.05) is 25.1 Å². The van der Waals surface area contributed by atoms with Gasteiger partial charge in [-0.05, 0) is 18.2 Å². The summed E-state index contributed by atoms with van der Waals surface area (Å²) in [6.45, 7) is 0.574. The third kappa shape index (κ3) is 2.62. The minimum absolute atomic E-state index is 0.314. The number of aryl methyl sites for hydroxylation is 1.